The summed E-state index contributed by atoms with van der Waals surface area (Å²) in [6.07, 6.45) is 0. The Balaban J connectivity index is 0.00000200. The van der Waals surface area contributed by atoms with E-state index in [9.17, 15) is 8.78 Å². The van der Waals surface area contributed by atoms with Crippen molar-refractivity contribution < 1.29 is 8.78 Å². The smallest absolute Gasteiger partial charge is 0.182 e. The molecular formula is C14H22ClF2N3. The Morgan fingerprint density at radius 1 is 1.15 bits per heavy atom. The molecule has 1 saturated heterocycles. The molecule has 0 bridgehead atoms. The van der Waals surface area contributed by atoms with Crippen LogP contribution in [0.25, 0.3) is 0 Å². The summed E-state index contributed by atoms with van der Waals surface area (Å²) in [6, 6.07) is 4.32. The van der Waals surface area contributed by atoms with Crippen molar-refractivity contribution in [1.82, 2.24) is 4.90 Å². The van der Waals surface area contributed by atoms with Gasteiger partial charge < -0.3 is 10.6 Å². The van der Waals surface area contributed by atoms with Crippen LogP contribution in [0.1, 0.15) is 13.8 Å². The van der Waals surface area contributed by atoms with Crippen LogP contribution in [0.4, 0.5) is 14.5 Å². The van der Waals surface area contributed by atoms with E-state index in [0.29, 0.717) is 18.8 Å². The highest BCUT2D eigenvalue weighted by atomic mass is 35.5. The molecule has 2 N–H and O–H groups in total. The maximum absolute atomic E-state index is 13.7. The number of piperazine rings is 1. The van der Waals surface area contributed by atoms with Gasteiger partial charge in [0.2, 0.25) is 0 Å². The van der Waals surface area contributed by atoms with Crippen LogP contribution in [-0.4, -0.2) is 43.2 Å². The average molecular weight is 306 g/mol. The predicted molar refractivity (Wildman–Crippen MR) is 80.5 cm³/mol. The molecular weight excluding hydrogens is 284 g/mol. The van der Waals surface area contributed by atoms with Gasteiger partial charge in [-0.1, -0.05) is 6.07 Å². The Hall–Kier alpha value is -0.910. The van der Waals surface area contributed by atoms with Gasteiger partial charge in [0.25, 0.3) is 0 Å². The maximum atomic E-state index is 13.7. The highest BCUT2D eigenvalue weighted by Gasteiger charge is 2.23. The number of hydrogen-bond donors (Lipinski definition) is 1. The van der Waals surface area contributed by atoms with Crippen molar-refractivity contribution in [1.29, 1.82) is 0 Å². The topological polar surface area (TPSA) is 32.5 Å². The lowest BCUT2D eigenvalue weighted by molar-refractivity contribution is 0.214. The summed E-state index contributed by atoms with van der Waals surface area (Å²) in [7, 11) is 0. The molecule has 3 nitrogen and oxygen atoms in total. The molecule has 1 aliphatic rings. The van der Waals surface area contributed by atoms with Crippen LogP contribution in [-0.2, 0) is 0 Å². The van der Waals surface area contributed by atoms with Crippen molar-refractivity contribution in [2.75, 3.05) is 37.6 Å². The first-order valence-corrected chi connectivity index (χ1v) is 6.57. The molecule has 0 aliphatic carbocycles. The van der Waals surface area contributed by atoms with E-state index in [2.05, 4.69) is 4.90 Å². The van der Waals surface area contributed by atoms with Gasteiger partial charge in [0.15, 0.2) is 11.6 Å². The molecule has 0 atom stereocenters. The van der Waals surface area contributed by atoms with Gasteiger partial charge in [0.05, 0.1) is 5.69 Å². The number of halogens is 3. The van der Waals surface area contributed by atoms with Gasteiger partial charge in [-0.15, -0.1) is 12.4 Å². The van der Waals surface area contributed by atoms with E-state index in [1.54, 1.807) is 12.1 Å². The number of hydrogen-bond acceptors (Lipinski definition) is 3. The standard InChI is InChI=1S/C14H21F2N3.ClH/c1-14(2,17)10-18-6-8-19(9-7-18)12-5-3-4-11(15)13(12)16;/h3-5H,6-10,17H2,1-2H3;1H. The maximum Gasteiger partial charge on any atom is 0.182 e. The molecule has 0 aromatic heterocycles. The first kappa shape index (κ1) is 17.1. The zero-order chi connectivity index (χ0) is 14.0. The molecule has 1 aliphatic heterocycles. The molecule has 1 aromatic carbocycles. The molecule has 114 valence electrons. The number of nitrogens with two attached hydrogens (primary N) is 1. The van der Waals surface area contributed by atoms with Gasteiger partial charge in [0, 0.05) is 38.3 Å². The van der Waals surface area contributed by atoms with Crippen LogP contribution in [0, 0.1) is 11.6 Å². The second kappa shape index (κ2) is 6.70. The van der Waals surface area contributed by atoms with Gasteiger partial charge in [-0.3, -0.25) is 4.90 Å². The third-order valence-corrected chi connectivity index (χ3v) is 3.28. The molecule has 0 spiro atoms. The fourth-order valence-electron chi connectivity index (χ4n) is 2.46. The summed E-state index contributed by atoms with van der Waals surface area (Å²) in [5.41, 5.74) is 6.11. The van der Waals surface area contributed by atoms with Crippen molar-refractivity contribution in [3.63, 3.8) is 0 Å². The largest absolute Gasteiger partial charge is 0.367 e. The van der Waals surface area contributed by atoms with E-state index in [1.165, 1.54) is 0 Å². The Morgan fingerprint density at radius 2 is 1.75 bits per heavy atom. The predicted octanol–water partition coefficient (Wildman–Crippen LogP) is 2.25. The highest BCUT2D eigenvalue weighted by Crippen LogP contribution is 2.22. The Kier molecular flexibility index (Phi) is 5.74. The molecule has 2 rings (SSSR count). The number of rotatable bonds is 3. The van der Waals surface area contributed by atoms with E-state index in [-0.39, 0.29) is 17.9 Å². The number of benzene rings is 1. The normalized spacial score (nSPS) is 16.9. The second-order valence-corrected chi connectivity index (χ2v) is 5.82. The molecule has 6 heteroatoms. The first-order valence-electron chi connectivity index (χ1n) is 6.57. The lowest BCUT2D eigenvalue weighted by atomic mass is 10.1. The summed E-state index contributed by atoms with van der Waals surface area (Å²) < 4.78 is 26.9. The molecule has 1 fully saturated rings. The first-order chi connectivity index (χ1) is 8.87. The lowest BCUT2D eigenvalue weighted by Crippen LogP contribution is -2.53. The fourth-order valence-corrected chi connectivity index (χ4v) is 2.46. The molecule has 1 heterocycles. The summed E-state index contributed by atoms with van der Waals surface area (Å²) in [6.45, 7) is 7.81. The molecule has 1 aromatic rings. The van der Waals surface area contributed by atoms with Gasteiger partial charge in [0.1, 0.15) is 0 Å². The molecule has 0 radical (unpaired) electrons. The van der Waals surface area contributed by atoms with E-state index in [0.717, 1.165) is 25.7 Å². The second-order valence-electron chi connectivity index (χ2n) is 5.82. The van der Waals surface area contributed by atoms with E-state index in [1.807, 2.05) is 18.7 Å². The lowest BCUT2D eigenvalue weighted by Gasteiger charge is -2.38. The summed E-state index contributed by atoms with van der Waals surface area (Å²) in [4.78, 5) is 4.14. The summed E-state index contributed by atoms with van der Waals surface area (Å²) in [5.74, 6) is -1.54. The van der Waals surface area contributed by atoms with E-state index >= 15 is 0 Å². The van der Waals surface area contributed by atoms with Crippen molar-refractivity contribution in [2.45, 2.75) is 19.4 Å². The number of anilines is 1. The minimum Gasteiger partial charge on any atom is -0.367 e. The Bertz CT molecular complexity index is 441. The summed E-state index contributed by atoms with van der Waals surface area (Å²) >= 11 is 0. The van der Waals surface area contributed by atoms with Gasteiger partial charge >= 0.3 is 0 Å². The molecule has 0 saturated carbocycles. The van der Waals surface area contributed by atoms with Crippen molar-refractivity contribution in [3.05, 3.63) is 29.8 Å². The SMILES string of the molecule is CC(C)(N)CN1CCN(c2cccc(F)c2F)CC1.Cl. The molecule has 0 unspecified atom stereocenters. The zero-order valence-corrected chi connectivity index (χ0v) is 12.7. The highest BCUT2D eigenvalue weighted by molar-refractivity contribution is 5.85. The molecule has 0 amide bonds. The minimum absolute atomic E-state index is 0. The minimum atomic E-state index is -0.789. The van der Waals surface area contributed by atoms with Crippen LogP contribution < -0.4 is 10.6 Å². The summed E-state index contributed by atoms with van der Waals surface area (Å²) in [5, 5.41) is 0. The average Bonchev–Trinajstić information content (AvgIpc) is 2.32. The van der Waals surface area contributed by atoms with Crippen molar-refractivity contribution >= 4 is 18.1 Å². The monoisotopic (exact) mass is 305 g/mol. The Labute approximate surface area is 125 Å². The zero-order valence-electron chi connectivity index (χ0n) is 11.9. The van der Waals surface area contributed by atoms with Crippen LogP contribution in [0.15, 0.2) is 18.2 Å². The van der Waals surface area contributed by atoms with Gasteiger partial charge in [-0.25, -0.2) is 8.78 Å². The fraction of sp³-hybridized carbons (Fsp3) is 0.571. The van der Waals surface area contributed by atoms with Gasteiger partial charge in [-0.2, -0.15) is 0 Å². The van der Waals surface area contributed by atoms with Crippen LogP contribution in [0.2, 0.25) is 0 Å². The number of nitrogens with zero attached hydrogens (tertiary/aromatic N) is 2. The molecule has 20 heavy (non-hydrogen) atoms. The van der Waals surface area contributed by atoms with E-state index < -0.39 is 11.6 Å². The van der Waals surface area contributed by atoms with Gasteiger partial charge in [-0.05, 0) is 26.0 Å². The van der Waals surface area contributed by atoms with Crippen LogP contribution >= 0.6 is 12.4 Å². The van der Waals surface area contributed by atoms with Crippen molar-refractivity contribution in [2.24, 2.45) is 5.73 Å². The third kappa shape index (κ3) is 4.30. The third-order valence-electron chi connectivity index (χ3n) is 3.28. The van der Waals surface area contributed by atoms with E-state index in [4.69, 9.17) is 5.73 Å². The Morgan fingerprint density at radius 3 is 2.30 bits per heavy atom. The van der Waals surface area contributed by atoms with Crippen molar-refractivity contribution in [3.8, 4) is 0 Å². The van der Waals surface area contributed by atoms with Crippen LogP contribution in [0.5, 0.6) is 0 Å². The quantitative estimate of drug-likeness (QED) is 0.929. The van der Waals surface area contributed by atoms with Crippen LogP contribution in [0.3, 0.4) is 0 Å².